The Bertz CT molecular complexity index is 656. The molecule has 0 fully saturated rings. The summed E-state index contributed by atoms with van der Waals surface area (Å²) in [5, 5.41) is 0. The molecule has 0 aliphatic carbocycles. The van der Waals surface area contributed by atoms with Crippen LogP contribution in [0.2, 0.25) is 0 Å². The molecule has 0 bridgehead atoms. The molecule has 22 heavy (non-hydrogen) atoms. The molecule has 0 saturated heterocycles. The van der Waals surface area contributed by atoms with E-state index < -0.39 is 10.0 Å². The number of benzene rings is 1. The second-order valence-electron chi connectivity index (χ2n) is 5.77. The Labute approximate surface area is 132 Å². The molecule has 122 valence electrons. The lowest BCUT2D eigenvalue weighted by molar-refractivity contribution is -0.116. The van der Waals surface area contributed by atoms with Crippen molar-refractivity contribution in [3.63, 3.8) is 0 Å². The molecule has 2 rings (SSSR count). The molecule has 0 radical (unpaired) electrons. The minimum absolute atomic E-state index is 0.0174. The fraction of sp³-hybridized carbons (Fsp3) is 0.533. The van der Waals surface area contributed by atoms with Crippen molar-refractivity contribution in [2.75, 3.05) is 38.6 Å². The van der Waals surface area contributed by atoms with Crippen LogP contribution in [-0.2, 0) is 21.2 Å². The molecule has 1 aromatic rings. The Kier molecular flexibility index (Phi) is 5.20. The third-order valence-corrected chi connectivity index (χ3v) is 5.17. The van der Waals surface area contributed by atoms with Gasteiger partial charge in [-0.05, 0) is 57.2 Å². The first-order chi connectivity index (χ1) is 10.3. The van der Waals surface area contributed by atoms with Crippen LogP contribution in [0.3, 0.4) is 0 Å². The van der Waals surface area contributed by atoms with E-state index in [1.54, 1.807) is 23.1 Å². The molecule has 0 saturated carbocycles. The number of nitrogens with zero attached hydrogens (tertiary/aromatic N) is 2. The van der Waals surface area contributed by atoms with Gasteiger partial charge in [-0.25, -0.2) is 13.1 Å². The van der Waals surface area contributed by atoms with Gasteiger partial charge >= 0.3 is 0 Å². The first-order valence-corrected chi connectivity index (χ1v) is 8.85. The zero-order valence-corrected chi connectivity index (χ0v) is 14.1. The predicted molar refractivity (Wildman–Crippen MR) is 86.5 cm³/mol. The van der Waals surface area contributed by atoms with E-state index >= 15 is 0 Å². The van der Waals surface area contributed by atoms with Crippen LogP contribution in [0.4, 0.5) is 5.69 Å². The summed E-state index contributed by atoms with van der Waals surface area (Å²) in [4.78, 5) is 15.5. The number of sulfonamides is 1. The van der Waals surface area contributed by atoms with Crippen LogP contribution in [-0.4, -0.2) is 53.0 Å². The number of carbonyl (C=O) groups excluding carboxylic acids is 1. The van der Waals surface area contributed by atoms with Crippen LogP contribution in [0.25, 0.3) is 0 Å². The van der Waals surface area contributed by atoms with E-state index in [0.717, 1.165) is 24.2 Å². The third kappa shape index (κ3) is 3.85. The molecule has 6 nitrogen and oxygen atoms in total. The van der Waals surface area contributed by atoms with E-state index in [-0.39, 0.29) is 10.8 Å². The van der Waals surface area contributed by atoms with Gasteiger partial charge in [-0.15, -0.1) is 0 Å². The van der Waals surface area contributed by atoms with Crippen LogP contribution in [0, 0.1) is 0 Å². The van der Waals surface area contributed by atoms with Crippen molar-refractivity contribution in [3.8, 4) is 0 Å². The van der Waals surface area contributed by atoms with Gasteiger partial charge in [-0.3, -0.25) is 4.79 Å². The van der Waals surface area contributed by atoms with Gasteiger partial charge in [-0.2, -0.15) is 0 Å². The second-order valence-corrected chi connectivity index (χ2v) is 7.53. The monoisotopic (exact) mass is 325 g/mol. The molecular weight excluding hydrogens is 302 g/mol. The third-order valence-electron chi connectivity index (χ3n) is 3.71. The Morgan fingerprint density at radius 2 is 2.09 bits per heavy atom. The van der Waals surface area contributed by atoms with E-state index in [1.807, 2.05) is 19.0 Å². The average molecular weight is 325 g/mol. The molecule has 0 atom stereocenters. The van der Waals surface area contributed by atoms with Gasteiger partial charge < -0.3 is 9.80 Å². The fourth-order valence-electron chi connectivity index (χ4n) is 2.56. The summed E-state index contributed by atoms with van der Waals surface area (Å²) in [6, 6.07) is 4.96. The second kappa shape index (κ2) is 6.76. The van der Waals surface area contributed by atoms with Crippen molar-refractivity contribution in [3.05, 3.63) is 23.8 Å². The van der Waals surface area contributed by atoms with Gasteiger partial charge in [-0.1, -0.05) is 0 Å². The summed E-state index contributed by atoms with van der Waals surface area (Å²) >= 11 is 0. The van der Waals surface area contributed by atoms with E-state index in [2.05, 4.69) is 4.72 Å². The predicted octanol–water partition coefficient (Wildman–Crippen LogP) is 0.826. The summed E-state index contributed by atoms with van der Waals surface area (Å²) in [7, 11) is 0.419. The number of amides is 1. The largest absolute Gasteiger partial charge is 0.312 e. The molecule has 0 aromatic heterocycles. The summed E-state index contributed by atoms with van der Waals surface area (Å²) in [5.41, 5.74) is 1.73. The van der Waals surface area contributed by atoms with Crippen molar-refractivity contribution < 1.29 is 13.2 Å². The number of rotatable bonds is 6. The quantitative estimate of drug-likeness (QED) is 0.787. The Balaban J connectivity index is 2.08. The van der Waals surface area contributed by atoms with Gasteiger partial charge in [0.15, 0.2) is 0 Å². The molecule has 1 amide bonds. The summed E-state index contributed by atoms with van der Waals surface area (Å²) in [6.45, 7) is 3.38. The van der Waals surface area contributed by atoms with E-state index in [0.29, 0.717) is 19.5 Å². The van der Waals surface area contributed by atoms with Crippen molar-refractivity contribution in [2.45, 2.75) is 24.7 Å². The van der Waals surface area contributed by atoms with E-state index in [9.17, 15) is 13.2 Å². The molecule has 0 unspecified atom stereocenters. The first-order valence-electron chi connectivity index (χ1n) is 7.36. The number of carbonyl (C=O) groups is 1. The maximum Gasteiger partial charge on any atom is 0.240 e. The molecule has 1 aliphatic rings. The maximum absolute atomic E-state index is 12.3. The summed E-state index contributed by atoms with van der Waals surface area (Å²) < 4.78 is 27.2. The summed E-state index contributed by atoms with van der Waals surface area (Å²) in [6.07, 6.45) is 1.45. The highest BCUT2D eigenvalue weighted by Gasteiger charge is 2.24. The van der Waals surface area contributed by atoms with Crippen molar-refractivity contribution in [1.82, 2.24) is 9.62 Å². The molecule has 7 heteroatoms. The fourth-order valence-corrected chi connectivity index (χ4v) is 3.68. The number of anilines is 1. The smallest absolute Gasteiger partial charge is 0.240 e. The molecule has 1 aliphatic heterocycles. The topological polar surface area (TPSA) is 69.7 Å². The lowest BCUT2D eigenvalue weighted by atomic mass is 10.2. The van der Waals surface area contributed by atoms with Crippen LogP contribution in [0.1, 0.15) is 18.9 Å². The zero-order valence-electron chi connectivity index (χ0n) is 13.3. The maximum atomic E-state index is 12.3. The van der Waals surface area contributed by atoms with E-state index in [1.165, 1.54) is 6.92 Å². The summed E-state index contributed by atoms with van der Waals surface area (Å²) in [5.74, 6) is -0.0174. The number of nitrogens with one attached hydrogen (secondary N) is 1. The van der Waals surface area contributed by atoms with Crippen molar-refractivity contribution in [2.24, 2.45) is 0 Å². The lowest BCUT2D eigenvalue weighted by Gasteiger charge is -2.15. The molecule has 0 spiro atoms. The van der Waals surface area contributed by atoms with Crippen LogP contribution < -0.4 is 9.62 Å². The van der Waals surface area contributed by atoms with Gasteiger partial charge in [0.05, 0.1) is 4.90 Å². The number of hydrogen-bond donors (Lipinski definition) is 1. The van der Waals surface area contributed by atoms with Crippen LogP contribution in [0.15, 0.2) is 23.1 Å². The number of hydrogen-bond acceptors (Lipinski definition) is 4. The SMILES string of the molecule is CC(=O)N1CCc2cc(S(=O)(=O)NCCCN(C)C)ccc21. The molecular formula is C15H23N3O3S. The standard InChI is InChI=1S/C15H23N3O3S/c1-12(19)18-10-7-13-11-14(5-6-15(13)18)22(20,21)16-8-4-9-17(2)3/h5-6,11,16H,4,7-10H2,1-3H3. The normalized spacial score (nSPS) is 14.5. The van der Waals surface area contributed by atoms with Crippen molar-refractivity contribution >= 4 is 21.6 Å². The highest BCUT2D eigenvalue weighted by Crippen LogP contribution is 2.30. The van der Waals surface area contributed by atoms with Gasteiger partial charge in [0.25, 0.3) is 0 Å². The molecule has 1 aromatic carbocycles. The molecule has 1 N–H and O–H groups in total. The zero-order chi connectivity index (χ0) is 16.3. The minimum Gasteiger partial charge on any atom is -0.312 e. The Morgan fingerprint density at radius 3 is 2.73 bits per heavy atom. The van der Waals surface area contributed by atoms with Crippen LogP contribution in [0.5, 0.6) is 0 Å². The Hall–Kier alpha value is -1.44. The van der Waals surface area contributed by atoms with Gasteiger partial charge in [0.2, 0.25) is 15.9 Å². The minimum atomic E-state index is -3.49. The number of fused-ring (bicyclic) bond motifs is 1. The highest BCUT2D eigenvalue weighted by atomic mass is 32.2. The van der Waals surface area contributed by atoms with Crippen molar-refractivity contribution in [1.29, 1.82) is 0 Å². The average Bonchev–Trinajstić information content (AvgIpc) is 2.86. The van der Waals surface area contributed by atoms with Gasteiger partial charge in [0.1, 0.15) is 0 Å². The van der Waals surface area contributed by atoms with Crippen LogP contribution >= 0.6 is 0 Å². The highest BCUT2D eigenvalue weighted by molar-refractivity contribution is 7.89. The van der Waals surface area contributed by atoms with E-state index in [4.69, 9.17) is 0 Å². The van der Waals surface area contributed by atoms with Gasteiger partial charge in [0, 0.05) is 25.7 Å². The molecule has 1 heterocycles. The first kappa shape index (κ1) is 16.9. The lowest BCUT2D eigenvalue weighted by Crippen LogP contribution is -2.27. The Morgan fingerprint density at radius 1 is 1.36 bits per heavy atom.